The van der Waals surface area contributed by atoms with Crippen molar-refractivity contribution in [2.75, 3.05) is 0 Å². The Hall–Kier alpha value is -1.68. The number of furan rings is 1. The van der Waals surface area contributed by atoms with E-state index in [1.54, 1.807) is 18.2 Å². The molecule has 0 atom stereocenters. The number of aliphatic hydroxyl groups is 1. The number of fused-ring (bicyclic) bond motifs is 1. The first-order valence-electron chi connectivity index (χ1n) is 3.79. The first-order chi connectivity index (χ1) is 6.33. The summed E-state index contributed by atoms with van der Waals surface area (Å²) in [4.78, 5) is 14.4. The van der Waals surface area contributed by atoms with Crippen molar-refractivity contribution < 1.29 is 14.3 Å². The minimum Gasteiger partial charge on any atom is -0.452 e. The first-order valence-corrected chi connectivity index (χ1v) is 3.79. The molecule has 0 aliphatic rings. The third kappa shape index (κ3) is 1.31. The van der Waals surface area contributed by atoms with Crippen molar-refractivity contribution in [2.24, 2.45) is 0 Å². The SMILES string of the molecule is O=Cc1cc2nc(CO)ccc2o1. The minimum atomic E-state index is -0.114. The van der Waals surface area contributed by atoms with Gasteiger partial charge in [0.15, 0.2) is 17.6 Å². The van der Waals surface area contributed by atoms with Crippen molar-refractivity contribution in [3.63, 3.8) is 0 Å². The van der Waals surface area contributed by atoms with Crippen LogP contribution in [0.1, 0.15) is 16.2 Å². The normalized spacial score (nSPS) is 10.5. The largest absolute Gasteiger partial charge is 0.452 e. The number of hydrogen-bond acceptors (Lipinski definition) is 4. The molecule has 0 radical (unpaired) electrons. The Bertz CT molecular complexity index is 447. The number of hydrogen-bond donors (Lipinski definition) is 1. The number of rotatable bonds is 2. The lowest BCUT2D eigenvalue weighted by atomic mass is 10.3. The van der Waals surface area contributed by atoms with Gasteiger partial charge in [0.1, 0.15) is 5.52 Å². The molecule has 2 heterocycles. The zero-order valence-corrected chi connectivity index (χ0v) is 6.73. The van der Waals surface area contributed by atoms with Gasteiger partial charge in [0.05, 0.1) is 12.3 Å². The van der Waals surface area contributed by atoms with E-state index in [4.69, 9.17) is 9.52 Å². The van der Waals surface area contributed by atoms with Crippen LogP contribution in [0.4, 0.5) is 0 Å². The van der Waals surface area contributed by atoms with Gasteiger partial charge in [-0.15, -0.1) is 0 Å². The predicted molar refractivity (Wildman–Crippen MR) is 45.3 cm³/mol. The molecule has 13 heavy (non-hydrogen) atoms. The van der Waals surface area contributed by atoms with E-state index in [2.05, 4.69) is 4.98 Å². The lowest BCUT2D eigenvalue weighted by Gasteiger charge is -1.92. The minimum absolute atomic E-state index is 0.114. The maximum atomic E-state index is 10.4. The van der Waals surface area contributed by atoms with E-state index in [0.717, 1.165) is 0 Å². The molecule has 0 aliphatic carbocycles. The van der Waals surface area contributed by atoms with Gasteiger partial charge < -0.3 is 9.52 Å². The maximum absolute atomic E-state index is 10.4. The third-order valence-electron chi connectivity index (χ3n) is 1.73. The van der Waals surface area contributed by atoms with Crippen LogP contribution in [0.15, 0.2) is 22.6 Å². The summed E-state index contributed by atoms with van der Waals surface area (Å²) in [7, 11) is 0. The van der Waals surface area contributed by atoms with Crippen LogP contribution in [-0.4, -0.2) is 16.4 Å². The van der Waals surface area contributed by atoms with Gasteiger partial charge in [-0.3, -0.25) is 4.79 Å². The second kappa shape index (κ2) is 2.99. The monoisotopic (exact) mass is 177 g/mol. The van der Waals surface area contributed by atoms with Gasteiger partial charge in [0.2, 0.25) is 0 Å². The molecule has 2 rings (SSSR count). The highest BCUT2D eigenvalue weighted by molar-refractivity contribution is 5.82. The van der Waals surface area contributed by atoms with Crippen molar-refractivity contribution in [1.29, 1.82) is 0 Å². The van der Waals surface area contributed by atoms with E-state index in [1.807, 2.05) is 0 Å². The van der Waals surface area contributed by atoms with E-state index in [1.165, 1.54) is 0 Å². The molecular weight excluding hydrogens is 170 g/mol. The highest BCUT2D eigenvalue weighted by Crippen LogP contribution is 2.16. The Balaban J connectivity index is 2.63. The van der Waals surface area contributed by atoms with Crippen LogP contribution < -0.4 is 0 Å². The van der Waals surface area contributed by atoms with Crippen molar-refractivity contribution in [2.45, 2.75) is 6.61 Å². The Morgan fingerprint density at radius 2 is 2.38 bits per heavy atom. The second-order valence-electron chi connectivity index (χ2n) is 2.61. The van der Waals surface area contributed by atoms with Crippen molar-refractivity contribution >= 4 is 17.4 Å². The molecule has 0 amide bonds. The molecule has 0 aliphatic heterocycles. The Morgan fingerprint density at radius 3 is 3.08 bits per heavy atom. The summed E-state index contributed by atoms with van der Waals surface area (Å²) in [5.41, 5.74) is 1.71. The van der Waals surface area contributed by atoms with E-state index in [0.29, 0.717) is 23.1 Å². The summed E-state index contributed by atoms with van der Waals surface area (Å²) in [5, 5.41) is 8.80. The fourth-order valence-corrected chi connectivity index (χ4v) is 1.13. The highest BCUT2D eigenvalue weighted by Gasteiger charge is 2.04. The topological polar surface area (TPSA) is 63.3 Å². The summed E-state index contributed by atoms with van der Waals surface area (Å²) in [5.74, 6) is 0.248. The third-order valence-corrected chi connectivity index (χ3v) is 1.73. The molecule has 66 valence electrons. The van der Waals surface area contributed by atoms with Gasteiger partial charge in [-0.2, -0.15) is 0 Å². The van der Waals surface area contributed by atoms with E-state index < -0.39 is 0 Å². The van der Waals surface area contributed by atoms with E-state index in [9.17, 15) is 4.79 Å². The van der Waals surface area contributed by atoms with Crippen molar-refractivity contribution in [1.82, 2.24) is 4.98 Å². The van der Waals surface area contributed by atoms with Gasteiger partial charge in [-0.25, -0.2) is 4.98 Å². The predicted octanol–water partition coefficient (Wildman–Crippen LogP) is 1.13. The molecule has 0 saturated carbocycles. The fraction of sp³-hybridized carbons (Fsp3) is 0.111. The number of pyridine rings is 1. The quantitative estimate of drug-likeness (QED) is 0.698. The fourth-order valence-electron chi connectivity index (χ4n) is 1.13. The Labute approximate surface area is 73.8 Å². The van der Waals surface area contributed by atoms with E-state index in [-0.39, 0.29) is 12.4 Å². The standard InChI is InChI=1S/C9H7NO3/c11-4-6-1-2-9-8(10-6)3-7(5-12)13-9/h1-3,5,11H,4H2. The van der Waals surface area contributed by atoms with Crippen molar-refractivity contribution in [3.8, 4) is 0 Å². The Kier molecular flexibility index (Phi) is 1.83. The number of carbonyl (C=O) groups excluding carboxylic acids is 1. The zero-order chi connectivity index (χ0) is 9.26. The maximum Gasteiger partial charge on any atom is 0.185 e. The molecule has 2 aromatic heterocycles. The summed E-state index contributed by atoms with van der Waals surface area (Å²) in [6.45, 7) is -0.114. The lowest BCUT2D eigenvalue weighted by Crippen LogP contribution is -1.86. The van der Waals surface area contributed by atoms with Crippen LogP contribution in [0.5, 0.6) is 0 Å². The molecule has 0 bridgehead atoms. The Morgan fingerprint density at radius 1 is 1.54 bits per heavy atom. The number of aldehydes is 1. The lowest BCUT2D eigenvalue weighted by molar-refractivity contribution is 0.110. The molecule has 0 unspecified atom stereocenters. The molecule has 0 fully saturated rings. The smallest absolute Gasteiger partial charge is 0.185 e. The zero-order valence-electron chi connectivity index (χ0n) is 6.73. The number of nitrogens with zero attached hydrogens (tertiary/aromatic N) is 1. The number of aliphatic hydroxyl groups excluding tert-OH is 1. The van der Waals surface area contributed by atoms with Gasteiger partial charge >= 0.3 is 0 Å². The second-order valence-corrected chi connectivity index (χ2v) is 2.61. The van der Waals surface area contributed by atoms with Crippen LogP contribution in [0, 0.1) is 0 Å². The van der Waals surface area contributed by atoms with Gasteiger partial charge in [-0.1, -0.05) is 0 Å². The van der Waals surface area contributed by atoms with Crippen LogP contribution in [0.2, 0.25) is 0 Å². The summed E-state index contributed by atoms with van der Waals surface area (Å²) in [6, 6.07) is 4.88. The summed E-state index contributed by atoms with van der Waals surface area (Å²) in [6.07, 6.45) is 0.625. The van der Waals surface area contributed by atoms with Crippen molar-refractivity contribution in [3.05, 3.63) is 29.7 Å². The molecule has 1 N–H and O–H groups in total. The molecule has 4 nitrogen and oxygen atoms in total. The van der Waals surface area contributed by atoms with E-state index >= 15 is 0 Å². The van der Waals surface area contributed by atoms with Gasteiger partial charge in [0, 0.05) is 6.07 Å². The highest BCUT2D eigenvalue weighted by atomic mass is 16.3. The number of aromatic nitrogens is 1. The number of carbonyl (C=O) groups is 1. The van der Waals surface area contributed by atoms with Crippen LogP contribution >= 0.6 is 0 Å². The molecular formula is C9H7NO3. The summed E-state index contributed by atoms with van der Waals surface area (Å²) >= 11 is 0. The molecule has 4 heteroatoms. The van der Waals surface area contributed by atoms with Crippen LogP contribution in [-0.2, 0) is 6.61 Å². The average Bonchev–Trinajstić information content (AvgIpc) is 2.58. The van der Waals surface area contributed by atoms with Gasteiger partial charge in [0.25, 0.3) is 0 Å². The molecule has 2 aromatic rings. The summed E-state index contributed by atoms with van der Waals surface area (Å²) < 4.78 is 5.10. The first kappa shape index (κ1) is 7.94. The molecule has 0 spiro atoms. The van der Waals surface area contributed by atoms with Crippen LogP contribution in [0.3, 0.4) is 0 Å². The molecule has 0 aromatic carbocycles. The van der Waals surface area contributed by atoms with Crippen LogP contribution in [0.25, 0.3) is 11.1 Å². The van der Waals surface area contributed by atoms with Gasteiger partial charge in [-0.05, 0) is 12.1 Å². The average molecular weight is 177 g/mol. The molecule has 0 saturated heterocycles.